The van der Waals surface area contributed by atoms with Crippen LogP contribution in [0.15, 0.2) is 46.6 Å². The van der Waals surface area contributed by atoms with Crippen LogP contribution in [0.2, 0.25) is 0 Å². The Morgan fingerprint density at radius 3 is 0.769 bits per heavy atom. The minimum atomic E-state index is -2.31. The van der Waals surface area contributed by atoms with Crippen molar-refractivity contribution in [2.24, 2.45) is 185 Å². The predicted octanol–water partition coefficient (Wildman–Crippen LogP) is 25.0. The van der Waals surface area contributed by atoms with Crippen LogP contribution in [0, 0.1) is 185 Å². The number of carboxylic acids is 2. The van der Waals surface area contributed by atoms with Crippen molar-refractivity contribution in [1.29, 1.82) is 0 Å². The first-order chi connectivity index (χ1) is 63.1. The molecular weight excluding hydrogens is 1670 g/mol. The molecule has 0 aromatic heterocycles. The van der Waals surface area contributed by atoms with Gasteiger partial charge >= 0.3 is 23.9 Å². The monoisotopic (exact) mass is 1870 g/mol. The maximum absolute atomic E-state index is 13.4. The van der Waals surface area contributed by atoms with E-state index in [1.807, 2.05) is 0 Å². The van der Waals surface area contributed by atoms with Gasteiger partial charge in [0.25, 0.3) is 0 Å². The van der Waals surface area contributed by atoms with Crippen molar-refractivity contribution >= 4 is 23.9 Å². The summed E-state index contributed by atoms with van der Waals surface area (Å²) in [6, 6.07) is 0. The summed E-state index contributed by atoms with van der Waals surface area (Å²) in [7, 11) is 0. The smallest absolute Gasteiger partial charge is 0.338 e. The van der Waals surface area contributed by atoms with E-state index in [0.717, 1.165) is 170 Å². The highest BCUT2D eigenvalue weighted by molar-refractivity contribution is 5.80. The van der Waals surface area contributed by atoms with Gasteiger partial charge in [-0.05, 0) is 378 Å². The Labute approximate surface area is 812 Å². The number of aliphatic carboxylic acids is 2. The maximum atomic E-state index is 13.4. The molecule has 36 atom stereocenters. The minimum Gasteiger partial charge on any atom is -0.479 e. The number of carboxylic acid groups (broad SMARTS) is 2. The fourth-order valence-corrected chi connectivity index (χ4v) is 36.2. The van der Waals surface area contributed by atoms with E-state index in [2.05, 4.69) is 163 Å². The molecule has 0 bridgehead atoms. The van der Waals surface area contributed by atoms with E-state index in [-0.39, 0.29) is 23.0 Å². The lowest BCUT2D eigenvalue weighted by molar-refractivity contribution is -0.182. The quantitative estimate of drug-likeness (QED) is 0.0236. The first kappa shape index (κ1) is 108. The van der Waals surface area contributed by atoms with Crippen molar-refractivity contribution in [2.45, 2.75) is 482 Å². The van der Waals surface area contributed by atoms with E-state index in [4.69, 9.17) is 35.0 Å². The molecular formula is C118H196O16. The van der Waals surface area contributed by atoms with Gasteiger partial charge in [-0.3, -0.25) is 0 Å². The number of carbonyl (C=O) groups excluding carboxylic acids is 2. The topological polar surface area (TPSA) is 289 Å². The minimum absolute atomic E-state index is 0.0766. The second-order valence-electron chi connectivity index (χ2n) is 53.0. The first-order valence-corrected chi connectivity index (χ1v) is 56.2. The Hall–Kier alpha value is -3.48. The van der Waals surface area contributed by atoms with Crippen LogP contribution in [0.1, 0.15) is 421 Å². The summed E-state index contributed by atoms with van der Waals surface area (Å²) in [5.41, 5.74) is 8.99. The van der Waals surface area contributed by atoms with Gasteiger partial charge < -0.3 is 60.5 Å². The van der Waals surface area contributed by atoms with Crippen molar-refractivity contribution in [3.63, 3.8) is 0 Å². The number of hydrogen-bond donors (Lipinski definition) is 10. The molecule has 0 aromatic rings. The standard InChI is InChI=1S/C59H96O7.2C27H46O.C5H8O7/c1-35(2)13-11-15-37(5)45-21-23-47-43-19-17-39-33-41(25-29-56(39,7)49(43)27-31-58(45,47)9)65-54(63)52(61)51(60)53(62)55(64)66-42-26-30-57(8)40(34-42)18-20-44-48-24-22-46(38(6)16-12-14-36(3)4)59(48,10)32-28-50(44)57;2*1-18(2)7-6-8-19(3)23-11-12-24-22-10-9-20-17-21(28)13-15-26(20,4)25(22)14-16-27(23,24)5;6-1(2(7)4(9)10)3(8)5(11)12/h17-18,35-38,41-53,60-62H,11-16,19-34H2,1-10H3;2*9,18-19,21-25,28H,6-8,10-17H2,1-5H3;1-3,6-8H,(H,9,10)(H,11,12)/t37-,38-,41+,42+,43?,44?,45-,46-,47?,48?,49?,50?,51?,52?,53?,56+,57+,58-,59-;2*19-,21+,22?,23-,24?,25?,26+,27-;/m111./s1. The van der Waals surface area contributed by atoms with Crippen LogP contribution >= 0.6 is 0 Å². The van der Waals surface area contributed by atoms with E-state index in [9.17, 15) is 44.7 Å². The molecule has 0 heterocycles. The van der Waals surface area contributed by atoms with Crippen molar-refractivity contribution in [3.8, 4) is 0 Å². The lowest BCUT2D eigenvalue weighted by Gasteiger charge is -2.58. The maximum Gasteiger partial charge on any atom is 0.338 e. The SMILES string of the molecule is CC(C)CCC[C@@H](C)[C@H]1CCC2C3CC=C4C[C@@H](O)CC[C@]4(C)C3CC[C@@]21C.CC(C)CCC[C@@H](C)[C@H]1CCC2C3CC=C4C[C@@H](O)CC[C@]4(C)C3CC[C@@]21C.CC(C)CCC[C@@H](C)[C@H]1CCC2C3CC=C4C[C@@H](OC(=O)C(O)C(O)C(O)C(=O)O[C@H]5CC[C@@]6(C)C(=CCC7C6CC[C@@]6(C)C7CC[C@@H]6[C@H](C)CCCC(C)C)C5)CC[C@]4(C)C3CC[C@@]21C.O=C(O)C(O)C(O)C(O)C(=O)O. The van der Waals surface area contributed by atoms with Gasteiger partial charge in [-0.25, -0.2) is 19.2 Å². The molecule has 16 nitrogen and oxygen atoms in total. The molecule has 764 valence electrons. The molecule has 0 aliphatic heterocycles. The molecule has 0 saturated heterocycles. The molecule has 16 rings (SSSR count). The van der Waals surface area contributed by atoms with Crippen LogP contribution in [-0.2, 0) is 28.7 Å². The van der Waals surface area contributed by atoms with Gasteiger partial charge in [0, 0.05) is 12.8 Å². The average Bonchev–Trinajstić information content (AvgIpc) is 1.37. The zero-order valence-electron chi connectivity index (χ0n) is 88.0. The lowest BCUT2D eigenvalue weighted by Crippen LogP contribution is -2.52. The number of carbonyl (C=O) groups is 4. The number of hydrogen-bond acceptors (Lipinski definition) is 14. The molecule has 0 radical (unpaired) electrons. The van der Waals surface area contributed by atoms with E-state index >= 15 is 0 Å². The molecule has 16 aliphatic rings. The molecule has 0 amide bonds. The molecule has 0 spiro atoms. The van der Waals surface area contributed by atoms with Crippen molar-refractivity contribution in [1.82, 2.24) is 0 Å². The fraction of sp³-hybridized carbons (Fsp3) is 0.898. The van der Waals surface area contributed by atoms with Gasteiger partial charge in [0.1, 0.15) is 24.4 Å². The van der Waals surface area contributed by atoms with Crippen LogP contribution in [0.3, 0.4) is 0 Å². The van der Waals surface area contributed by atoms with Crippen molar-refractivity contribution in [2.75, 3.05) is 0 Å². The first-order valence-electron chi connectivity index (χ1n) is 56.2. The molecule has 12 saturated carbocycles. The van der Waals surface area contributed by atoms with Gasteiger partial charge in [-0.2, -0.15) is 0 Å². The molecule has 16 aliphatic carbocycles. The van der Waals surface area contributed by atoms with Gasteiger partial charge in [0.05, 0.1) is 12.2 Å². The third-order valence-electron chi connectivity index (χ3n) is 43.9. The summed E-state index contributed by atoms with van der Waals surface area (Å²) in [5.74, 6) is 14.4. The van der Waals surface area contributed by atoms with Gasteiger partial charge in [-0.1, -0.05) is 262 Å². The average molecular weight is 1870 g/mol. The number of ether oxygens (including phenoxy) is 2. The van der Waals surface area contributed by atoms with Crippen molar-refractivity contribution in [3.05, 3.63) is 46.6 Å². The number of allylic oxidation sites excluding steroid dienone is 4. The van der Waals surface area contributed by atoms with Crippen LogP contribution in [0.4, 0.5) is 0 Å². The Kier molecular flexibility index (Phi) is 35.4. The van der Waals surface area contributed by atoms with Gasteiger partial charge in [0.2, 0.25) is 0 Å². The van der Waals surface area contributed by atoms with Crippen LogP contribution in [0.5, 0.6) is 0 Å². The molecule has 134 heavy (non-hydrogen) atoms. The van der Waals surface area contributed by atoms with Crippen molar-refractivity contribution < 1.29 is 79.7 Å². The third kappa shape index (κ3) is 22.0. The summed E-state index contributed by atoms with van der Waals surface area (Å²) >= 11 is 0. The number of fused-ring (bicyclic) bond motifs is 20. The summed E-state index contributed by atoms with van der Waals surface area (Å²) in [6.45, 7) is 49.8. The molecule has 16 unspecified atom stereocenters. The lowest BCUT2D eigenvalue weighted by atomic mass is 9.47. The molecule has 12 fully saturated rings. The Morgan fingerprint density at radius 2 is 0.530 bits per heavy atom. The highest BCUT2D eigenvalue weighted by atomic mass is 16.6. The summed E-state index contributed by atoms with van der Waals surface area (Å²) < 4.78 is 11.8. The second-order valence-corrected chi connectivity index (χ2v) is 53.0. The van der Waals surface area contributed by atoms with Crippen LogP contribution in [-0.4, -0.2) is 136 Å². The largest absolute Gasteiger partial charge is 0.479 e. The number of rotatable bonds is 30. The van der Waals surface area contributed by atoms with E-state index in [0.29, 0.717) is 81.8 Å². The van der Waals surface area contributed by atoms with Crippen LogP contribution in [0.25, 0.3) is 0 Å². The molecule has 0 aromatic carbocycles. The van der Waals surface area contributed by atoms with Crippen LogP contribution < -0.4 is 0 Å². The summed E-state index contributed by atoms with van der Waals surface area (Å²) in [4.78, 5) is 46.7. The summed E-state index contributed by atoms with van der Waals surface area (Å²) in [6.07, 6.45) is 50.8. The number of aliphatic hydroxyl groups excluding tert-OH is 8. The Bertz CT molecular complexity index is 3790. The normalized spacial score (nSPS) is 42.1. The zero-order valence-corrected chi connectivity index (χ0v) is 88.0. The third-order valence-corrected chi connectivity index (χ3v) is 43.9. The molecule has 16 heteroatoms. The highest BCUT2D eigenvalue weighted by Gasteiger charge is 2.65. The highest BCUT2D eigenvalue weighted by Crippen LogP contribution is 2.73. The summed E-state index contributed by atoms with van der Waals surface area (Å²) in [5, 5.41) is 95.3. The Balaban J connectivity index is 0.000000182. The van der Waals surface area contributed by atoms with E-state index in [1.54, 1.807) is 11.1 Å². The van der Waals surface area contributed by atoms with Gasteiger partial charge in [0.15, 0.2) is 24.4 Å². The number of aliphatic hydroxyl groups is 8. The number of esters is 2. The Morgan fingerprint density at radius 1 is 0.299 bits per heavy atom. The fourth-order valence-electron chi connectivity index (χ4n) is 36.2. The van der Waals surface area contributed by atoms with E-state index < -0.39 is 72.7 Å². The molecule has 10 N–H and O–H groups in total. The second kappa shape index (κ2) is 44.0. The van der Waals surface area contributed by atoms with Gasteiger partial charge in [-0.15, -0.1) is 0 Å². The van der Waals surface area contributed by atoms with E-state index in [1.165, 1.54) is 217 Å². The predicted molar refractivity (Wildman–Crippen MR) is 535 cm³/mol. The zero-order chi connectivity index (χ0) is 97.6.